The second-order valence-corrected chi connectivity index (χ2v) is 5.06. The first-order valence-corrected chi connectivity index (χ1v) is 7.21. The Hall–Kier alpha value is -3.04. The zero-order chi connectivity index (χ0) is 18.4. The molecule has 0 aliphatic heterocycles. The summed E-state index contributed by atoms with van der Waals surface area (Å²) in [4.78, 5) is 21.8. The number of carboxylic acid groups (broad SMARTS) is 1. The van der Waals surface area contributed by atoms with Gasteiger partial charge in [-0.3, -0.25) is 4.79 Å². The summed E-state index contributed by atoms with van der Waals surface area (Å²) in [5, 5.41) is 16.9. The molecule has 7 nitrogen and oxygen atoms in total. The van der Waals surface area contributed by atoms with Gasteiger partial charge >= 0.3 is 18.2 Å². The van der Waals surface area contributed by atoms with Crippen LogP contribution in [-0.2, 0) is 17.5 Å². The first kappa shape index (κ1) is 18.3. The molecule has 25 heavy (non-hydrogen) atoms. The Kier molecular flexibility index (Phi) is 5.63. The van der Waals surface area contributed by atoms with E-state index in [1.807, 2.05) is 0 Å². The average molecular weight is 356 g/mol. The molecule has 1 aromatic heterocycles. The molecule has 2 amide bonds. The van der Waals surface area contributed by atoms with Gasteiger partial charge in [0.2, 0.25) is 0 Å². The number of benzene rings is 1. The van der Waals surface area contributed by atoms with E-state index in [2.05, 4.69) is 15.7 Å². The van der Waals surface area contributed by atoms with E-state index >= 15 is 0 Å². The smallest absolute Gasteiger partial charge is 0.435 e. The largest absolute Gasteiger partial charge is 0.481 e. The maximum absolute atomic E-state index is 12.5. The Morgan fingerprint density at radius 2 is 1.80 bits per heavy atom. The first-order valence-electron chi connectivity index (χ1n) is 7.21. The third kappa shape index (κ3) is 5.52. The summed E-state index contributed by atoms with van der Waals surface area (Å²) in [5.74, 6) is -1.01. The number of urea groups is 1. The molecule has 1 heterocycles. The van der Waals surface area contributed by atoms with Crippen LogP contribution in [0, 0.1) is 0 Å². The van der Waals surface area contributed by atoms with Gasteiger partial charge in [0.1, 0.15) is 0 Å². The van der Waals surface area contributed by atoms with Crippen LogP contribution in [0.3, 0.4) is 0 Å². The number of hydrogen-bond donors (Lipinski definition) is 3. The molecule has 1 aromatic carbocycles. The van der Waals surface area contributed by atoms with E-state index in [0.29, 0.717) is 5.69 Å². The lowest BCUT2D eigenvalue weighted by Gasteiger charge is -2.08. The highest BCUT2D eigenvalue weighted by Crippen LogP contribution is 2.27. The van der Waals surface area contributed by atoms with Gasteiger partial charge in [0.15, 0.2) is 5.69 Å². The van der Waals surface area contributed by atoms with Crippen LogP contribution in [0.1, 0.15) is 17.7 Å². The molecule has 0 unspecified atom stereocenters. The lowest BCUT2D eigenvalue weighted by atomic mass is 10.2. The molecular formula is C15H15F3N4O3. The average Bonchev–Trinajstić information content (AvgIpc) is 3.03. The fourth-order valence-electron chi connectivity index (χ4n) is 1.91. The van der Waals surface area contributed by atoms with Crippen LogP contribution in [-0.4, -0.2) is 33.4 Å². The van der Waals surface area contributed by atoms with Crippen molar-refractivity contribution in [3.05, 3.63) is 47.8 Å². The van der Waals surface area contributed by atoms with Crippen molar-refractivity contribution < 1.29 is 27.9 Å². The monoisotopic (exact) mass is 356 g/mol. The minimum atomic E-state index is -4.50. The van der Waals surface area contributed by atoms with Crippen molar-refractivity contribution in [2.24, 2.45) is 0 Å². The summed E-state index contributed by atoms with van der Waals surface area (Å²) >= 11 is 0. The summed E-state index contributed by atoms with van der Waals surface area (Å²) < 4.78 is 38.7. The number of nitrogens with one attached hydrogen (secondary N) is 2. The van der Waals surface area contributed by atoms with Gasteiger partial charge in [-0.15, -0.1) is 0 Å². The maximum Gasteiger partial charge on any atom is 0.435 e. The van der Waals surface area contributed by atoms with Crippen molar-refractivity contribution in [3.8, 4) is 5.69 Å². The fraction of sp³-hybridized carbons (Fsp3) is 0.267. The van der Waals surface area contributed by atoms with Gasteiger partial charge in [-0.25, -0.2) is 9.48 Å². The first-order chi connectivity index (χ1) is 11.8. The number of carbonyl (C=O) groups is 2. The Bertz CT molecular complexity index is 741. The van der Waals surface area contributed by atoms with E-state index in [9.17, 15) is 22.8 Å². The van der Waals surface area contributed by atoms with Gasteiger partial charge in [-0.2, -0.15) is 18.3 Å². The quantitative estimate of drug-likeness (QED) is 0.739. The molecule has 0 saturated heterocycles. The van der Waals surface area contributed by atoms with Crippen molar-refractivity contribution in [3.63, 3.8) is 0 Å². The zero-order valence-electron chi connectivity index (χ0n) is 12.9. The molecule has 0 bridgehead atoms. The van der Waals surface area contributed by atoms with Crippen molar-refractivity contribution in [2.45, 2.75) is 19.1 Å². The van der Waals surface area contributed by atoms with E-state index in [0.717, 1.165) is 16.3 Å². The Morgan fingerprint density at radius 1 is 1.12 bits per heavy atom. The van der Waals surface area contributed by atoms with E-state index < -0.39 is 23.9 Å². The van der Waals surface area contributed by atoms with Gasteiger partial charge in [-0.1, -0.05) is 12.1 Å². The minimum absolute atomic E-state index is 0.0148. The van der Waals surface area contributed by atoms with Gasteiger partial charge in [0.25, 0.3) is 0 Å². The van der Waals surface area contributed by atoms with E-state index in [4.69, 9.17) is 5.11 Å². The molecule has 2 rings (SSSR count). The number of hydrogen-bond acceptors (Lipinski definition) is 3. The molecular weight excluding hydrogens is 341 g/mol. The van der Waals surface area contributed by atoms with E-state index in [-0.39, 0.29) is 19.5 Å². The second kappa shape index (κ2) is 7.69. The number of aromatic nitrogens is 2. The Labute approximate surface area is 140 Å². The number of nitrogens with zero attached hydrogens (tertiary/aromatic N) is 2. The van der Waals surface area contributed by atoms with Crippen LogP contribution in [0.15, 0.2) is 36.5 Å². The van der Waals surface area contributed by atoms with Gasteiger partial charge in [0, 0.05) is 19.3 Å². The standard InChI is InChI=1S/C15H15F3N4O3/c16-15(17,18)12-6-8-22(21-12)11-3-1-10(2-4-11)9-20-14(25)19-7-5-13(23)24/h1-4,6,8H,5,7,9H2,(H,23,24)(H2,19,20,25). The Morgan fingerprint density at radius 3 is 2.36 bits per heavy atom. The minimum Gasteiger partial charge on any atom is -0.481 e. The summed E-state index contributed by atoms with van der Waals surface area (Å²) in [5.41, 5.74) is 0.196. The summed E-state index contributed by atoms with van der Waals surface area (Å²) in [6, 6.07) is 6.81. The number of carbonyl (C=O) groups excluding carboxylic acids is 1. The van der Waals surface area contributed by atoms with Crippen molar-refractivity contribution in [1.29, 1.82) is 0 Å². The number of aliphatic carboxylic acids is 1. The molecule has 0 radical (unpaired) electrons. The lowest BCUT2D eigenvalue weighted by Crippen LogP contribution is -2.36. The number of halogens is 3. The van der Waals surface area contributed by atoms with Crippen LogP contribution in [0.4, 0.5) is 18.0 Å². The maximum atomic E-state index is 12.5. The molecule has 0 atom stereocenters. The van der Waals surface area contributed by atoms with Gasteiger partial charge in [-0.05, 0) is 23.8 Å². The third-order valence-corrected chi connectivity index (χ3v) is 3.16. The van der Waals surface area contributed by atoms with Gasteiger partial charge in [0.05, 0.1) is 12.1 Å². The highest BCUT2D eigenvalue weighted by atomic mass is 19.4. The molecule has 0 aliphatic carbocycles. The number of carboxylic acids is 1. The van der Waals surface area contributed by atoms with Crippen LogP contribution >= 0.6 is 0 Å². The van der Waals surface area contributed by atoms with Crippen LogP contribution < -0.4 is 10.6 Å². The topological polar surface area (TPSA) is 96.3 Å². The molecule has 0 spiro atoms. The molecule has 2 aromatic rings. The number of amides is 2. The van der Waals surface area contributed by atoms with Crippen molar-refractivity contribution in [1.82, 2.24) is 20.4 Å². The third-order valence-electron chi connectivity index (χ3n) is 3.16. The zero-order valence-corrected chi connectivity index (χ0v) is 12.9. The SMILES string of the molecule is O=C(O)CCNC(=O)NCc1ccc(-n2ccc(C(F)(F)F)n2)cc1. The molecule has 0 fully saturated rings. The van der Waals surface area contributed by atoms with Crippen molar-refractivity contribution >= 4 is 12.0 Å². The van der Waals surface area contributed by atoms with Crippen molar-refractivity contribution in [2.75, 3.05) is 6.54 Å². The molecule has 3 N–H and O–H groups in total. The van der Waals surface area contributed by atoms with Crippen LogP contribution in [0.25, 0.3) is 5.69 Å². The number of alkyl halides is 3. The predicted molar refractivity (Wildman–Crippen MR) is 81.1 cm³/mol. The predicted octanol–water partition coefficient (Wildman–Crippen LogP) is 2.17. The molecule has 10 heteroatoms. The summed E-state index contributed by atoms with van der Waals surface area (Å²) in [6.07, 6.45) is -3.46. The van der Waals surface area contributed by atoms with Crippen LogP contribution in [0.2, 0.25) is 0 Å². The highest BCUT2D eigenvalue weighted by Gasteiger charge is 2.33. The molecule has 0 saturated carbocycles. The Balaban J connectivity index is 1.88. The number of rotatable bonds is 6. The fourth-order valence-corrected chi connectivity index (χ4v) is 1.91. The van der Waals surface area contributed by atoms with E-state index in [1.54, 1.807) is 24.3 Å². The second-order valence-electron chi connectivity index (χ2n) is 5.06. The lowest BCUT2D eigenvalue weighted by molar-refractivity contribution is -0.141. The highest BCUT2D eigenvalue weighted by molar-refractivity contribution is 5.74. The normalized spacial score (nSPS) is 11.2. The summed E-state index contributed by atoms with van der Waals surface area (Å²) in [7, 11) is 0. The summed E-state index contributed by atoms with van der Waals surface area (Å²) in [6.45, 7) is 0.201. The molecule has 134 valence electrons. The van der Waals surface area contributed by atoms with Gasteiger partial charge < -0.3 is 15.7 Å². The van der Waals surface area contributed by atoms with Crippen LogP contribution in [0.5, 0.6) is 0 Å². The molecule has 0 aliphatic rings. The van der Waals surface area contributed by atoms with E-state index in [1.165, 1.54) is 6.20 Å².